The van der Waals surface area contributed by atoms with Crippen molar-refractivity contribution in [1.29, 1.82) is 0 Å². The maximum absolute atomic E-state index is 13.4. The Kier molecular flexibility index (Phi) is 6.64. The van der Waals surface area contributed by atoms with Gasteiger partial charge in [-0.15, -0.1) is 10.2 Å². The lowest BCUT2D eigenvalue weighted by molar-refractivity contribution is -0.113. The fourth-order valence-corrected chi connectivity index (χ4v) is 4.14. The van der Waals surface area contributed by atoms with Crippen LogP contribution in [-0.4, -0.2) is 42.8 Å². The fourth-order valence-electron chi connectivity index (χ4n) is 3.40. The molecule has 2 aromatic carbocycles. The maximum atomic E-state index is 13.4. The molecule has 4 aromatic rings. The first-order valence-corrected chi connectivity index (χ1v) is 11.6. The van der Waals surface area contributed by atoms with Crippen molar-refractivity contribution in [1.82, 2.24) is 24.5 Å². The van der Waals surface area contributed by atoms with Crippen LogP contribution < -0.4 is 16.2 Å². The van der Waals surface area contributed by atoms with E-state index in [4.69, 9.17) is 0 Å². The average Bonchev–Trinajstić information content (AvgIpc) is 3.25. The third kappa shape index (κ3) is 4.65. The van der Waals surface area contributed by atoms with Gasteiger partial charge >= 0.3 is 0 Å². The van der Waals surface area contributed by atoms with Crippen LogP contribution >= 0.6 is 11.8 Å². The van der Waals surface area contributed by atoms with E-state index in [9.17, 15) is 18.8 Å². The van der Waals surface area contributed by atoms with E-state index in [1.165, 1.54) is 22.8 Å². The van der Waals surface area contributed by atoms with Crippen LogP contribution in [0.2, 0.25) is 0 Å². The third-order valence-electron chi connectivity index (χ3n) is 5.38. The smallest absolute Gasteiger partial charge is 0.262 e. The number of amides is 2. The van der Waals surface area contributed by atoms with Crippen LogP contribution in [0.1, 0.15) is 30.6 Å². The Bertz CT molecular complexity index is 1460. The van der Waals surface area contributed by atoms with Crippen molar-refractivity contribution in [2.24, 2.45) is 7.05 Å². The first-order chi connectivity index (χ1) is 16.3. The number of halogens is 1. The first-order valence-electron chi connectivity index (χ1n) is 10.7. The van der Waals surface area contributed by atoms with E-state index in [1.807, 2.05) is 13.8 Å². The molecule has 9 nitrogen and oxygen atoms in total. The Hall–Kier alpha value is -3.73. The monoisotopic (exact) mass is 482 g/mol. The van der Waals surface area contributed by atoms with Crippen LogP contribution in [0.15, 0.2) is 52.4 Å². The molecule has 2 heterocycles. The first kappa shape index (κ1) is 23.4. The summed E-state index contributed by atoms with van der Waals surface area (Å²) in [5.41, 5.74) is 0.939. The molecule has 0 aliphatic heterocycles. The Balaban J connectivity index is 1.68. The van der Waals surface area contributed by atoms with E-state index in [0.717, 1.165) is 18.2 Å². The zero-order valence-electron chi connectivity index (χ0n) is 18.8. The minimum absolute atomic E-state index is 0.00416. The van der Waals surface area contributed by atoms with Crippen molar-refractivity contribution in [3.05, 3.63) is 64.2 Å². The van der Waals surface area contributed by atoms with Crippen LogP contribution in [0.5, 0.6) is 0 Å². The SMILES string of the molecule is CCC(C)NC(=O)c1ccc2c(=O)n(C)c3nnc(SCC(=O)Nc4cccc(F)c4)n3c2c1. The molecular weight excluding hydrogens is 459 g/mol. The van der Waals surface area contributed by atoms with Crippen LogP contribution in [-0.2, 0) is 11.8 Å². The Labute approximate surface area is 198 Å². The van der Waals surface area contributed by atoms with Crippen molar-refractivity contribution in [2.45, 2.75) is 31.5 Å². The van der Waals surface area contributed by atoms with Crippen molar-refractivity contribution >= 4 is 45.9 Å². The lowest BCUT2D eigenvalue weighted by atomic mass is 10.1. The van der Waals surface area contributed by atoms with Gasteiger partial charge in [-0.25, -0.2) is 4.39 Å². The number of nitrogens with zero attached hydrogens (tertiary/aromatic N) is 4. The fraction of sp³-hybridized carbons (Fsp3) is 0.261. The summed E-state index contributed by atoms with van der Waals surface area (Å²) in [4.78, 5) is 37.9. The quantitative estimate of drug-likeness (QED) is 0.392. The molecule has 0 radical (unpaired) electrons. The molecule has 2 N–H and O–H groups in total. The molecule has 0 fully saturated rings. The molecule has 0 bridgehead atoms. The van der Waals surface area contributed by atoms with Gasteiger partial charge in [-0.05, 0) is 49.7 Å². The number of carbonyl (C=O) groups is 2. The van der Waals surface area contributed by atoms with Crippen molar-refractivity contribution in [3.8, 4) is 0 Å². The number of thioether (sulfide) groups is 1. The summed E-state index contributed by atoms with van der Waals surface area (Å²) in [6, 6.07) is 10.5. The Morgan fingerprint density at radius 1 is 1.18 bits per heavy atom. The van der Waals surface area contributed by atoms with Crippen LogP contribution in [0, 0.1) is 5.82 Å². The number of nitrogens with one attached hydrogen (secondary N) is 2. The molecule has 2 aromatic heterocycles. The van der Waals surface area contributed by atoms with Crippen molar-refractivity contribution in [2.75, 3.05) is 11.1 Å². The van der Waals surface area contributed by atoms with Crippen molar-refractivity contribution in [3.63, 3.8) is 0 Å². The highest BCUT2D eigenvalue weighted by molar-refractivity contribution is 7.99. The number of aromatic nitrogens is 4. The summed E-state index contributed by atoms with van der Waals surface area (Å²) in [5.74, 6) is -0.785. The predicted octanol–water partition coefficient (Wildman–Crippen LogP) is 2.98. The molecule has 1 atom stereocenters. The number of rotatable bonds is 7. The van der Waals surface area contributed by atoms with Crippen LogP contribution in [0.3, 0.4) is 0 Å². The highest BCUT2D eigenvalue weighted by Gasteiger charge is 2.18. The number of hydrogen-bond donors (Lipinski definition) is 2. The van der Waals surface area contributed by atoms with E-state index in [0.29, 0.717) is 27.3 Å². The highest BCUT2D eigenvalue weighted by atomic mass is 32.2. The summed E-state index contributed by atoms with van der Waals surface area (Å²) in [6.07, 6.45) is 0.786. The minimum atomic E-state index is -0.450. The van der Waals surface area contributed by atoms with Crippen molar-refractivity contribution < 1.29 is 14.0 Å². The van der Waals surface area contributed by atoms with Gasteiger partial charge in [-0.3, -0.25) is 23.4 Å². The molecule has 176 valence electrons. The number of anilines is 1. The minimum Gasteiger partial charge on any atom is -0.350 e. The summed E-state index contributed by atoms with van der Waals surface area (Å²) in [7, 11) is 1.58. The molecule has 0 saturated carbocycles. The Morgan fingerprint density at radius 2 is 1.97 bits per heavy atom. The van der Waals surface area contributed by atoms with Gasteiger partial charge < -0.3 is 10.6 Å². The van der Waals surface area contributed by atoms with E-state index in [-0.39, 0.29) is 34.9 Å². The third-order valence-corrected chi connectivity index (χ3v) is 6.31. The topological polar surface area (TPSA) is 110 Å². The molecule has 11 heteroatoms. The highest BCUT2D eigenvalue weighted by Crippen LogP contribution is 2.23. The normalized spacial score (nSPS) is 12.1. The maximum Gasteiger partial charge on any atom is 0.262 e. The zero-order chi connectivity index (χ0) is 24.4. The molecule has 0 aliphatic carbocycles. The van der Waals surface area contributed by atoms with E-state index in [2.05, 4.69) is 20.8 Å². The number of aryl methyl sites for hydroxylation is 1. The molecule has 1 unspecified atom stereocenters. The summed E-state index contributed by atoms with van der Waals surface area (Å²) >= 11 is 1.11. The van der Waals surface area contributed by atoms with E-state index < -0.39 is 5.82 Å². The molecule has 0 spiro atoms. The largest absolute Gasteiger partial charge is 0.350 e. The predicted molar refractivity (Wildman–Crippen MR) is 129 cm³/mol. The second kappa shape index (κ2) is 9.64. The molecule has 0 aliphatic rings. The van der Waals surface area contributed by atoms with Gasteiger partial charge in [0.25, 0.3) is 11.5 Å². The van der Waals surface area contributed by atoms with Crippen LogP contribution in [0.4, 0.5) is 10.1 Å². The second-order valence-corrected chi connectivity index (χ2v) is 8.79. The van der Waals surface area contributed by atoms with Gasteiger partial charge in [0.1, 0.15) is 5.82 Å². The molecular formula is C23H23FN6O3S. The van der Waals surface area contributed by atoms with Gasteiger partial charge in [0.2, 0.25) is 11.7 Å². The van der Waals surface area contributed by atoms with Crippen LogP contribution in [0.25, 0.3) is 16.7 Å². The standard InChI is InChI=1S/C23H23FN6O3S/c1-4-13(2)25-20(32)14-8-9-17-18(10-14)30-22(29(3)21(17)33)27-28-23(30)34-12-19(31)26-16-7-5-6-15(24)11-16/h5-11,13H,4,12H2,1-3H3,(H,25,32)(H,26,31). The number of fused-ring (bicyclic) bond motifs is 3. The second-order valence-electron chi connectivity index (χ2n) is 7.84. The van der Waals surface area contributed by atoms with Gasteiger partial charge in [0, 0.05) is 24.3 Å². The summed E-state index contributed by atoms with van der Waals surface area (Å²) < 4.78 is 16.4. The number of hydrogen-bond acceptors (Lipinski definition) is 6. The molecule has 4 rings (SSSR count). The molecule has 0 saturated heterocycles. The summed E-state index contributed by atoms with van der Waals surface area (Å²) in [6.45, 7) is 3.89. The lowest BCUT2D eigenvalue weighted by Crippen LogP contribution is -2.32. The number of carbonyl (C=O) groups excluding carboxylic acids is 2. The van der Waals surface area contributed by atoms with Gasteiger partial charge in [0.05, 0.1) is 16.7 Å². The van der Waals surface area contributed by atoms with E-state index >= 15 is 0 Å². The molecule has 34 heavy (non-hydrogen) atoms. The van der Waals surface area contributed by atoms with Gasteiger partial charge in [0.15, 0.2) is 5.16 Å². The summed E-state index contributed by atoms with van der Waals surface area (Å²) in [5, 5.41) is 14.6. The Morgan fingerprint density at radius 3 is 2.71 bits per heavy atom. The molecule has 2 amide bonds. The van der Waals surface area contributed by atoms with Gasteiger partial charge in [-0.1, -0.05) is 24.8 Å². The van der Waals surface area contributed by atoms with Gasteiger partial charge in [-0.2, -0.15) is 0 Å². The zero-order valence-corrected chi connectivity index (χ0v) is 19.6. The van der Waals surface area contributed by atoms with E-state index in [1.54, 1.807) is 35.7 Å². The number of benzene rings is 2. The lowest BCUT2D eigenvalue weighted by Gasteiger charge is -2.13. The average molecular weight is 483 g/mol.